The van der Waals surface area contributed by atoms with Crippen LogP contribution in [0.3, 0.4) is 0 Å². The van der Waals surface area contributed by atoms with Crippen LogP contribution >= 0.6 is 0 Å². The molecule has 0 bridgehead atoms. The van der Waals surface area contributed by atoms with Gasteiger partial charge in [0.25, 0.3) is 5.91 Å². The van der Waals surface area contributed by atoms with Gasteiger partial charge in [0.15, 0.2) is 6.04 Å². The van der Waals surface area contributed by atoms with Gasteiger partial charge in [0.05, 0.1) is 14.2 Å². The zero-order chi connectivity index (χ0) is 20.5. The van der Waals surface area contributed by atoms with E-state index in [1.165, 1.54) is 21.3 Å². The van der Waals surface area contributed by atoms with Crippen molar-refractivity contribution in [3.63, 3.8) is 0 Å². The van der Waals surface area contributed by atoms with Gasteiger partial charge in [-0.15, -0.1) is 0 Å². The van der Waals surface area contributed by atoms with Gasteiger partial charge in [0.1, 0.15) is 17.9 Å². The Bertz CT molecular complexity index is 839. The summed E-state index contributed by atoms with van der Waals surface area (Å²) in [5.74, 6) is -0.532. The topological polar surface area (TPSA) is 110 Å². The first kappa shape index (κ1) is 20.9. The lowest BCUT2D eigenvalue weighted by Gasteiger charge is -2.16. The molecule has 4 N–H and O–H groups in total. The monoisotopic (exact) mass is 386 g/mol. The minimum atomic E-state index is -0.637. The van der Waals surface area contributed by atoms with Gasteiger partial charge in [-0.05, 0) is 18.2 Å². The average Bonchev–Trinajstić information content (AvgIpc) is 2.73. The van der Waals surface area contributed by atoms with E-state index in [0.29, 0.717) is 17.9 Å². The molecule has 8 nitrogen and oxygen atoms in total. The molecular formula is C20H24N3O5+. The molecule has 0 aliphatic rings. The van der Waals surface area contributed by atoms with E-state index in [1.54, 1.807) is 23.5 Å². The summed E-state index contributed by atoms with van der Waals surface area (Å²) in [5.41, 5.74) is 1.86. The Morgan fingerprint density at radius 3 is 2.39 bits per heavy atom. The van der Waals surface area contributed by atoms with Crippen LogP contribution in [0.15, 0.2) is 48.5 Å². The first-order valence-electron chi connectivity index (χ1n) is 8.66. The van der Waals surface area contributed by atoms with Gasteiger partial charge in [-0.3, -0.25) is 10.1 Å². The SMILES string of the molecule is CNC(=O)NC(=O)[C@@H]([NH2+]Cc1ccc(OC)c(C(=O)OC)c1)c1ccccc1. The number of quaternary nitrogens is 1. The summed E-state index contributed by atoms with van der Waals surface area (Å²) < 4.78 is 9.98. The quantitative estimate of drug-likeness (QED) is 0.608. The Balaban J connectivity index is 2.22. The van der Waals surface area contributed by atoms with E-state index in [0.717, 1.165) is 11.1 Å². The fourth-order valence-electron chi connectivity index (χ4n) is 2.71. The second kappa shape index (κ2) is 10.1. The number of hydrogen-bond donors (Lipinski definition) is 3. The number of carbonyl (C=O) groups is 3. The largest absolute Gasteiger partial charge is 0.496 e. The van der Waals surface area contributed by atoms with Gasteiger partial charge >= 0.3 is 12.0 Å². The molecule has 0 spiro atoms. The summed E-state index contributed by atoms with van der Waals surface area (Å²) in [4.78, 5) is 36.0. The van der Waals surface area contributed by atoms with Crippen LogP contribution in [-0.2, 0) is 16.1 Å². The lowest BCUT2D eigenvalue weighted by atomic mass is 10.0. The number of carbonyl (C=O) groups excluding carboxylic acids is 3. The molecule has 0 radical (unpaired) electrons. The highest BCUT2D eigenvalue weighted by molar-refractivity contribution is 5.96. The van der Waals surface area contributed by atoms with Crippen molar-refractivity contribution in [1.29, 1.82) is 0 Å². The second-order valence-electron chi connectivity index (χ2n) is 5.92. The molecule has 0 aromatic heterocycles. The smallest absolute Gasteiger partial charge is 0.341 e. The van der Waals surface area contributed by atoms with Crippen LogP contribution in [0.1, 0.15) is 27.5 Å². The third-order valence-electron chi connectivity index (χ3n) is 4.16. The van der Waals surface area contributed by atoms with Crippen molar-refractivity contribution in [1.82, 2.24) is 10.6 Å². The predicted octanol–water partition coefficient (Wildman–Crippen LogP) is 0.742. The summed E-state index contributed by atoms with van der Waals surface area (Å²) in [6.07, 6.45) is 0. The third kappa shape index (κ3) is 5.31. The number of esters is 1. The van der Waals surface area contributed by atoms with Gasteiger partial charge < -0.3 is 20.1 Å². The van der Waals surface area contributed by atoms with E-state index in [4.69, 9.17) is 9.47 Å². The molecule has 1 atom stereocenters. The third-order valence-corrected chi connectivity index (χ3v) is 4.16. The van der Waals surface area contributed by atoms with Crippen molar-refractivity contribution in [2.75, 3.05) is 21.3 Å². The van der Waals surface area contributed by atoms with E-state index in [1.807, 2.05) is 30.3 Å². The molecule has 8 heteroatoms. The second-order valence-corrected chi connectivity index (χ2v) is 5.92. The van der Waals surface area contributed by atoms with E-state index < -0.39 is 23.9 Å². The summed E-state index contributed by atoms with van der Waals surface area (Å²) >= 11 is 0. The Morgan fingerprint density at radius 2 is 1.79 bits per heavy atom. The van der Waals surface area contributed by atoms with Gasteiger partial charge in [0.2, 0.25) is 0 Å². The lowest BCUT2D eigenvalue weighted by molar-refractivity contribution is -0.698. The first-order chi connectivity index (χ1) is 13.5. The molecule has 148 valence electrons. The summed E-state index contributed by atoms with van der Waals surface area (Å²) in [6.45, 7) is 0.398. The molecule has 2 aromatic carbocycles. The molecule has 28 heavy (non-hydrogen) atoms. The molecule has 0 saturated carbocycles. The number of benzene rings is 2. The number of hydrogen-bond acceptors (Lipinski definition) is 5. The highest BCUT2D eigenvalue weighted by atomic mass is 16.5. The van der Waals surface area contributed by atoms with E-state index >= 15 is 0 Å². The number of nitrogens with two attached hydrogens (primary N) is 1. The zero-order valence-corrected chi connectivity index (χ0v) is 16.0. The van der Waals surface area contributed by atoms with Crippen LogP contribution < -0.4 is 20.7 Å². The van der Waals surface area contributed by atoms with Crippen molar-refractivity contribution in [3.8, 4) is 5.75 Å². The predicted molar refractivity (Wildman–Crippen MR) is 102 cm³/mol. The molecule has 3 amide bonds. The Kier molecular flexibility index (Phi) is 7.53. The van der Waals surface area contributed by atoms with Crippen LogP contribution in [0, 0.1) is 0 Å². The van der Waals surface area contributed by atoms with Gasteiger partial charge in [0, 0.05) is 18.2 Å². The standard InChI is InChI=1S/C20H23N3O5/c1-21-20(26)23-18(24)17(14-7-5-4-6-8-14)22-12-13-9-10-16(27-2)15(11-13)19(25)28-3/h4-11,17,22H,12H2,1-3H3,(H2,21,23,24,26)/p+1/t17-/m0/s1. The Labute approximate surface area is 163 Å². The number of methoxy groups -OCH3 is 2. The molecular weight excluding hydrogens is 362 g/mol. The molecule has 0 aliphatic carbocycles. The molecule has 0 aliphatic heterocycles. The van der Waals surface area contributed by atoms with E-state index in [-0.39, 0.29) is 0 Å². The van der Waals surface area contributed by atoms with Gasteiger partial charge in [-0.2, -0.15) is 0 Å². The fraction of sp³-hybridized carbons (Fsp3) is 0.250. The number of rotatable bonds is 7. The van der Waals surface area contributed by atoms with E-state index in [2.05, 4.69) is 10.6 Å². The maximum atomic E-state index is 12.6. The normalized spacial score (nSPS) is 11.2. The fourth-order valence-corrected chi connectivity index (χ4v) is 2.71. The van der Waals surface area contributed by atoms with Crippen molar-refractivity contribution in [2.24, 2.45) is 0 Å². The highest BCUT2D eigenvalue weighted by Crippen LogP contribution is 2.20. The van der Waals surface area contributed by atoms with Crippen molar-refractivity contribution >= 4 is 17.9 Å². The molecule has 0 saturated heterocycles. The summed E-state index contributed by atoms with van der Waals surface area (Å²) in [5, 5.41) is 6.46. The zero-order valence-electron chi connectivity index (χ0n) is 16.0. The number of urea groups is 1. The molecule has 2 rings (SSSR count). The number of nitrogens with one attached hydrogen (secondary N) is 2. The van der Waals surface area contributed by atoms with Crippen LogP contribution in [-0.4, -0.2) is 39.2 Å². The summed E-state index contributed by atoms with van der Waals surface area (Å²) in [6, 6.07) is 13.1. The summed E-state index contributed by atoms with van der Waals surface area (Å²) in [7, 11) is 4.22. The van der Waals surface area contributed by atoms with Crippen molar-refractivity contribution < 1.29 is 29.2 Å². The molecule has 0 unspecified atom stereocenters. The minimum Gasteiger partial charge on any atom is -0.496 e. The van der Waals surface area contributed by atoms with Gasteiger partial charge in [-0.1, -0.05) is 30.3 Å². The van der Waals surface area contributed by atoms with Crippen LogP contribution in [0.5, 0.6) is 5.75 Å². The number of ether oxygens (including phenoxy) is 2. The van der Waals surface area contributed by atoms with Crippen molar-refractivity contribution in [3.05, 3.63) is 65.2 Å². The molecule has 0 heterocycles. The maximum absolute atomic E-state index is 12.6. The minimum absolute atomic E-state index is 0.307. The van der Waals surface area contributed by atoms with E-state index in [9.17, 15) is 14.4 Å². The lowest BCUT2D eigenvalue weighted by Crippen LogP contribution is -2.86. The Morgan fingerprint density at radius 1 is 1.07 bits per heavy atom. The van der Waals surface area contributed by atoms with Gasteiger partial charge in [-0.25, -0.2) is 9.59 Å². The van der Waals surface area contributed by atoms with Crippen LogP contribution in [0.4, 0.5) is 4.79 Å². The average molecular weight is 386 g/mol. The molecule has 2 aromatic rings. The maximum Gasteiger partial charge on any atom is 0.341 e. The first-order valence-corrected chi connectivity index (χ1v) is 8.66. The van der Waals surface area contributed by atoms with Crippen molar-refractivity contribution in [2.45, 2.75) is 12.6 Å². The van der Waals surface area contributed by atoms with Crippen LogP contribution in [0.2, 0.25) is 0 Å². The number of amides is 3. The van der Waals surface area contributed by atoms with Crippen LogP contribution in [0.25, 0.3) is 0 Å². The Hall–Kier alpha value is -3.39. The number of imide groups is 1. The molecule has 0 fully saturated rings. The highest BCUT2D eigenvalue weighted by Gasteiger charge is 2.25.